The maximum atomic E-state index is 12.4. The monoisotopic (exact) mass is 449 g/mol. The minimum Gasteiger partial charge on any atom is -0.386 e. The van der Waals surface area contributed by atoms with Crippen LogP contribution in [-0.2, 0) is 4.79 Å². The third kappa shape index (κ3) is 14.7. The first-order chi connectivity index (χ1) is 15.9. The Morgan fingerprint density at radius 1 is 0.939 bits per heavy atom. The molecule has 0 spiro atoms. The van der Waals surface area contributed by atoms with Crippen molar-refractivity contribution in [2.24, 2.45) is 0 Å². The minimum absolute atomic E-state index is 0.00533. The molecule has 1 aliphatic heterocycles. The number of carbonyl (C=O) groups is 1. The van der Waals surface area contributed by atoms with Gasteiger partial charge in [-0.2, -0.15) is 0 Å². The molecule has 0 aromatic rings. The second-order valence-corrected chi connectivity index (χ2v) is 8.01. The van der Waals surface area contributed by atoms with E-state index in [1.807, 2.05) is 44.2 Å². The molecule has 1 heterocycles. The van der Waals surface area contributed by atoms with E-state index in [2.05, 4.69) is 36.5 Å². The van der Waals surface area contributed by atoms with E-state index in [-0.39, 0.29) is 11.9 Å². The van der Waals surface area contributed by atoms with Crippen LogP contribution in [0.3, 0.4) is 0 Å². The molecule has 0 radical (unpaired) electrons. The molecule has 4 nitrogen and oxygen atoms in total. The molecule has 1 rings (SSSR count). The maximum Gasteiger partial charge on any atom is 0.244 e. The topological polar surface area (TPSA) is 69.6 Å². The number of aliphatic hydroxyl groups excluding tert-OH is 2. The van der Waals surface area contributed by atoms with Crippen LogP contribution in [0, 0.1) is 0 Å². The normalized spacial score (nSPS) is 23.7. The first kappa shape index (κ1) is 28.1. The SMILES string of the molecule is CCCC=CC=CC[C@@H]1CC=CC=C(C)C=CC=C[C@H](O)[C@H](O)C=C(C)C=CC=CC(=O)N1. The van der Waals surface area contributed by atoms with E-state index in [1.54, 1.807) is 36.5 Å². The van der Waals surface area contributed by atoms with Crippen LogP contribution < -0.4 is 5.32 Å². The average Bonchev–Trinajstić information content (AvgIpc) is 2.78. The number of aliphatic hydroxyl groups is 2. The Balaban J connectivity index is 2.99. The summed E-state index contributed by atoms with van der Waals surface area (Å²) in [6, 6.07) is -0.00533. The van der Waals surface area contributed by atoms with Gasteiger partial charge >= 0.3 is 0 Å². The quantitative estimate of drug-likeness (QED) is 0.480. The van der Waals surface area contributed by atoms with E-state index in [1.165, 1.54) is 6.08 Å². The predicted octanol–water partition coefficient (Wildman–Crippen LogP) is 5.57. The lowest BCUT2D eigenvalue weighted by Crippen LogP contribution is -2.32. The van der Waals surface area contributed by atoms with Crippen LogP contribution >= 0.6 is 0 Å². The van der Waals surface area contributed by atoms with E-state index < -0.39 is 12.2 Å². The van der Waals surface area contributed by atoms with Crippen molar-refractivity contribution in [1.82, 2.24) is 5.32 Å². The Morgan fingerprint density at radius 2 is 1.64 bits per heavy atom. The summed E-state index contributed by atoms with van der Waals surface area (Å²) in [5.41, 5.74) is 1.83. The molecule has 0 bridgehead atoms. The van der Waals surface area contributed by atoms with Crippen LogP contribution in [0.25, 0.3) is 0 Å². The van der Waals surface area contributed by atoms with E-state index in [0.717, 1.165) is 36.8 Å². The van der Waals surface area contributed by atoms with Crippen molar-refractivity contribution < 1.29 is 15.0 Å². The number of unbranched alkanes of at least 4 members (excludes halogenated alkanes) is 1. The van der Waals surface area contributed by atoms with Crippen LogP contribution in [0.1, 0.15) is 46.5 Å². The van der Waals surface area contributed by atoms with E-state index in [9.17, 15) is 15.0 Å². The summed E-state index contributed by atoms with van der Waals surface area (Å²) in [7, 11) is 0. The van der Waals surface area contributed by atoms with Gasteiger partial charge in [-0.05, 0) is 33.1 Å². The molecule has 1 aliphatic rings. The molecule has 0 aliphatic carbocycles. The first-order valence-electron chi connectivity index (χ1n) is 11.6. The zero-order valence-electron chi connectivity index (χ0n) is 20.1. The standard InChI is InChI=1S/C29H39NO3/c1-4-5-6-7-8-9-19-26-20-13-10-16-24(2)17-11-14-21-27(31)28(32)23-25(3)18-12-15-22-29(33)30-26/h6-18,21-23,26-28,31-32H,4-5,19-20H2,1-3H3,(H,30,33)/t26-,27+,28-/m1/s1. The van der Waals surface area contributed by atoms with Crippen molar-refractivity contribution in [3.8, 4) is 0 Å². The average molecular weight is 450 g/mol. The lowest BCUT2D eigenvalue weighted by Gasteiger charge is -2.14. The number of allylic oxidation sites excluding steroid dienone is 13. The second kappa shape index (κ2) is 17.6. The van der Waals surface area contributed by atoms with Crippen molar-refractivity contribution in [3.63, 3.8) is 0 Å². The van der Waals surface area contributed by atoms with Gasteiger partial charge in [0.25, 0.3) is 0 Å². The van der Waals surface area contributed by atoms with E-state index in [4.69, 9.17) is 0 Å². The van der Waals surface area contributed by atoms with Crippen molar-refractivity contribution >= 4 is 5.91 Å². The smallest absolute Gasteiger partial charge is 0.244 e. The molecule has 0 aromatic heterocycles. The molecule has 0 aromatic carbocycles. The third-order valence-electron chi connectivity index (χ3n) is 4.80. The van der Waals surface area contributed by atoms with Gasteiger partial charge in [-0.25, -0.2) is 0 Å². The number of rotatable bonds is 5. The van der Waals surface area contributed by atoms with Crippen molar-refractivity contribution in [1.29, 1.82) is 0 Å². The molecule has 4 heteroatoms. The number of hydrogen-bond acceptors (Lipinski definition) is 3. The number of amides is 1. The van der Waals surface area contributed by atoms with Gasteiger partial charge in [0, 0.05) is 12.1 Å². The summed E-state index contributed by atoms with van der Waals surface area (Å²) in [6.45, 7) is 5.96. The van der Waals surface area contributed by atoms with E-state index in [0.29, 0.717) is 0 Å². The molecule has 0 unspecified atom stereocenters. The second-order valence-electron chi connectivity index (χ2n) is 8.01. The Bertz CT molecular complexity index is 850. The highest BCUT2D eigenvalue weighted by Gasteiger charge is 2.09. The Hall–Kier alpha value is -2.95. The van der Waals surface area contributed by atoms with Gasteiger partial charge in [0.1, 0.15) is 12.2 Å². The van der Waals surface area contributed by atoms with Gasteiger partial charge in [0.05, 0.1) is 0 Å². The third-order valence-corrected chi connectivity index (χ3v) is 4.80. The van der Waals surface area contributed by atoms with Crippen LogP contribution in [0.5, 0.6) is 0 Å². The summed E-state index contributed by atoms with van der Waals surface area (Å²) in [5.74, 6) is -0.153. The Kier molecular flexibility index (Phi) is 15.0. The van der Waals surface area contributed by atoms with Crippen LogP contribution in [0.2, 0.25) is 0 Å². The fourth-order valence-electron chi connectivity index (χ4n) is 2.92. The van der Waals surface area contributed by atoms with E-state index >= 15 is 0 Å². The van der Waals surface area contributed by atoms with Crippen LogP contribution in [-0.4, -0.2) is 34.4 Å². The molecule has 0 saturated carbocycles. The highest BCUT2D eigenvalue weighted by Crippen LogP contribution is 2.06. The van der Waals surface area contributed by atoms with Crippen molar-refractivity contribution in [2.45, 2.75) is 64.7 Å². The largest absolute Gasteiger partial charge is 0.386 e. The van der Waals surface area contributed by atoms with Gasteiger partial charge in [-0.1, -0.05) is 116 Å². The van der Waals surface area contributed by atoms with Gasteiger partial charge < -0.3 is 15.5 Å². The highest BCUT2D eigenvalue weighted by atomic mass is 16.3. The van der Waals surface area contributed by atoms with Crippen LogP contribution in [0.15, 0.2) is 108 Å². The summed E-state index contributed by atoms with van der Waals surface area (Å²) >= 11 is 0. The fraction of sp³-hybridized carbons (Fsp3) is 0.345. The number of carbonyl (C=O) groups excluding carboxylic acids is 1. The van der Waals surface area contributed by atoms with Gasteiger partial charge in [-0.3, -0.25) is 4.79 Å². The summed E-state index contributed by atoms with van der Waals surface area (Å²) in [4.78, 5) is 12.4. The molecule has 0 fully saturated rings. The molecule has 3 N–H and O–H groups in total. The van der Waals surface area contributed by atoms with Gasteiger partial charge in [-0.15, -0.1) is 0 Å². The highest BCUT2D eigenvalue weighted by molar-refractivity contribution is 5.88. The Labute approximate surface area is 199 Å². The first-order valence-corrected chi connectivity index (χ1v) is 11.6. The Morgan fingerprint density at radius 3 is 2.42 bits per heavy atom. The van der Waals surface area contributed by atoms with Crippen molar-refractivity contribution in [2.75, 3.05) is 0 Å². The molecular weight excluding hydrogens is 410 g/mol. The summed E-state index contributed by atoms with van der Waals surface area (Å²) in [6.07, 6.45) is 31.3. The number of nitrogens with one attached hydrogen (secondary N) is 1. The molecule has 3 atom stereocenters. The molecule has 33 heavy (non-hydrogen) atoms. The molecule has 0 saturated heterocycles. The molecule has 178 valence electrons. The van der Waals surface area contributed by atoms with Crippen LogP contribution in [0.4, 0.5) is 0 Å². The lowest BCUT2D eigenvalue weighted by atomic mass is 10.1. The lowest BCUT2D eigenvalue weighted by molar-refractivity contribution is -0.117. The minimum atomic E-state index is -1.01. The number of hydrogen-bond donors (Lipinski definition) is 3. The zero-order chi connectivity index (χ0) is 24.3. The summed E-state index contributed by atoms with van der Waals surface area (Å²) in [5, 5.41) is 23.2. The zero-order valence-corrected chi connectivity index (χ0v) is 20.1. The molecular formula is C29H39NO3. The van der Waals surface area contributed by atoms with Gasteiger partial charge in [0.2, 0.25) is 5.91 Å². The maximum absolute atomic E-state index is 12.4. The van der Waals surface area contributed by atoms with Gasteiger partial charge in [0.15, 0.2) is 0 Å². The fourth-order valence-corrected chi connectivity index (χ4v) is 2.92. The predicted molar refractivity (Wildman–Crippen MR) is 140 cm³/mol. The van der Waals surface area contributed by atoms with Crippen molar-refractivity contribution in [3.05, 3.63) is 108 Å². The summed E-state index contributed by atoms with van der Waals surface area (Å²) < 4.78 is 0. The molecule has 1 amide bonds.